The zero-order chi connectivity index (χ0) is 21.5. The van der Waals surface area contributed by atoms with E-state index in [0.717, 1.165) is 27.7 Å². The molecular weight excluding hydrogens is 394 g/mol. The monoisotopic (exact) mass is 419 g/mol. The minimum absolute atomic E-state index is 0.0290. The number of para-hydroxylation sites is 2. The van der Waals surface area contributed by atoms with Crippen LogP contribution in [0.2, 0.25) is 0 Å². The number of hydrogen-bond donors (Lipinski definition) is 2. The van der Waals surface area contributed by atoms with Gasteiger partial charge in [0.15, 0.2) is 0 Å². The summed E-state index contributed by atoms with van der Waals surface area (Å²) in [5, 5.41) is 10.4. The fourth-order valence-corrected chi connectivity index (χ4v) is 4.95. The number of aromatic nitrogens is 1. The lowest BCUT2D eigenvalue weighted by Crippen LogP contribution is -2.63. The molecule has 3 aromatic rings. The van der Waals surface area contributed by atoms with Crippen LogP contribution in [-0.2, 0) is 16.0 Å². The van der Waals surface area contributed by atoms with Crippen molar-refractivity contribution in [2.45, 2.75) is 25.4 Å². The number of nitrogens with zero attached hydrogens (tertiary/aromatic N) is 2. The van der Waals surface area contributed by atoms with Crippen molar-refractivity contribution >= 4 is 22.7 Å². The van der Waals surface area contributed by atoms with E-state index in [4.69, 9.17) is 4.74 Å². The van der Waals surface area contributed by atoms with Crippen LogP contribution in [0.5, 0.6) is 5.75 Å². The second-order valence-corrected chi connectivity index (χ2v) is 7.94. The maximum Gasteiger partial charge on any atom is 0.246 e. The van der Waals surface area contributed by atoms with Gasteiger partial charge in [-0.25, -0.2) is 0 Å². The maximum atomic E-state index is 13.3. The Bertz CT molecular complexity index is 1150. The Kier molecular flexibility index (Phi) is 4.90. The Hall–Kier alpha value is -3.32. The third kappa shape index (κ3) is 3.08. The molecule has 7 heteroatoms. The van der Waals surface area contributed by atoms with Gasteiger partial charge in [0.2, 0.25) is 11.8 Å². The molecule has 1 unspecified atom stereocenters. The molecule has 0 radical (unpaired) electrons. The Morgan fingerprint density at radius 2 is 1.90 bits per heavy atom. The largest absolute Gasteiger partial charge is 0.494 e. The number of nitrogens with one attached hydrogen (secondary N) is 1. The number of rotatable bonds is 5. The number of β-amino-alcohol motifs (C(OH)–C–C–N with tert-alkyl or cyclic N) is 1. The molecule has 31 heavy (non-hydrogen) atoms. The topological polar surface area (TPSA) is 85.9 Å². The van der Waals surface area contributed by atoms with Gasteiger partial charge >= 0.3 is 0 Å². The minimum atomic E-state index is -0.612. The molecule has 2 aliphatic heterocycles. The summed E-state index contributed by atoms with van der Waals surface area (Å²) in [5.41, 5.74) is 3.83. The molecule has 7 nitrogen and oxygen atoms in total. The molecule has 2 atom stereocenters. The molecule has 0 spiro atoms. The van der Waals surface area contributed by atoms with Crippen LogP contribution >= 0.6 is 0 Å². The molecule has 0 saturated carbocycles. The van der Waals surface area contributed by atoms with Crippen LogP contribution < -0.4 is 4.74 Å². The number of aromatic amines is 1. The molecule has 1 saturated heterocycles. The fraction of sp³-hybridized carbons (Fsp3) is 0.333. The Balaban J connectivity index is 1.72. The highest BCUT2D eigenvalue weighted by Crippen LogP contribution is 2.44. The van der Waals surface area contributed by atoms with Crippen LogP contribution in [0.1, 0.15) is 29.8 Å². The molecule has 2 aromatic carbocycles. The SMILES string of the molecule is CCOc1ccccc1C1c2[nH]c3ccccc3c2C[C@H]2C(=O)N(CCO)CC(=O)N12. The highest BCUT2D eigenvalue weighted by Gasteiger charge is 2.48. The molecule has 0 aliphatic carbocycles. The fourth-order valence-electron chi connectivity index (χ4n) is 4.95. The molecule has 0 bridgehead atoms. The Morgan fingerprint density at radius 1 is 1.13 bits per heavy atom. The van der Waals surface area contributed by atoms with Crippen molar-refractivity contribution in [1.29, 1.82) is 0 Å². The van der Waals surface area contributed by atoms with Crippen LogP contribution in [0.3, 0.4) is 0 Å². The number of piperazine rings is 1. The van der Waals surface area contributed by atoms with E-state index in [-0.39, 0.29) is 31.5 Å². The second kappa shape index (κ2) is 7.74. The van der Waals surface area contributed by atoms with Gasteiger partial charge in [0.05, 0.1) is 19.8 Å². The van der Waals surface area contributed by atoms with Gasteiger partial charge < -0.3 is 24.6 Å². The van der Waals surface area contributed by atoms with Gasteiger partial charge in [-0.05, 0) is 24.6 Å². The zero-order valence-electron chi connectivity index (χ0n) is 17.4. The third-order valence-electron chi connectivity index (χ3n) is 6.23. The zero-order valence-corrected chi connectivity index (χ0v) is 17.4. The van der Waals surface area contributed by atoms with Crippen LogP contribution in [0.4, 0.5) is 0 Å². The number of carbonyl (C=O) groups excluding carboxylic acids is 2. The maximum absolute atomic E-state index is 13.3. The molecule has 2 aliphatic rings. The van der Waals surface area contributed by atoms with E-state index in [1.165, 1.54) is 4.90 Å². The molecule has 160 valence electrons. The van der Waals surface area contributed by atoms with Crippen molar-refractivity contribution < 1.29 is 19.4 Å². The molecule has 2 N–H and O–H groups in total. The number of carbonyl (C=O) groups is 2. The average Bonchev–Trinajstić information content (AvgIpc) is 3.15. The summed E-state index contributed by atoms with van der Waals surface area (Å²) in [6.45, 7) is 2.40. The summed E-state index contributed by atoms with van der Waals surface area (Å²) >= 11 is 0. The van der Waals surface area contributed by atoms with E-state index in [0.29, 0.717) is 18.8 Å². The molecule has 3 heterocycles. The van der Waals surface area contributed by atoms with Crippen molar-refractivity contribution in [3.05, 3.63) is 65.4 Å². The van der Waals surface area contributed by atoms with Crippen molar-refractivity contribution in [3.63, 3.8) is 0 Å². The normalized spacial score (nSPS) is 20.7. The van der Waals surface area contributed by atoms with Crippen LogP contribution in [0.25, 0.3) is 10.9 Å². The molecule has 1 aromatic heterocycles. The van der Waals surface area contributed by atoms with E-state index < -0.39 is 12.1 Å². The van der Waals surface area contributed by atoms with E-state index in [1.807, 2.05) is 55.5 Å². The van der Waals surface area contributed by atoms with Crippen LogP contribution in [0, 0.1) is 0 Å². The first-order valence-corrected chi connectivity index (χ1v) is 10.7. The van der Waals surface area contributed by atoms with Crippen molar-refractivity contribution in [2.24, 2.45) is 0 Å². The number of H-pyrrole nitrogens is 1. The molecular formula is C24H25N3O4. The summed E-state index contributed by atoms with van der Waals surface area (Å²) in [6, 6.07) is 14.7. The Morgan fingerprint density at radius 3 is 2.71 bits per heavy atom. The minimum Gasteiger partial charge on any atom is -0.494 e. The molecule has 1 fully saturated rings. The quantitative estimate of drug-likeness (QED) is 0.664. The van der Waals surface area contributed by atoms with E-state index >= 15 is 0 Å². The van der Waals surface area contributed by atoms with Crippen LogP contribution in [0.15, 0.2) is 48.5 Å². The number of hydrogen-bond acceptors (Lipinski definition) is 4. The van der Waals surface area contributed by atoms with Gasteiger partial charge in [-0.15, -0.1) is 0 Å². The summed E-state index contributed by atoms with van der Waals surface area (Å²) in [5.74, 6) is 0.459. The highest BCUT2D eigenvalue weighted by atomic mass is 16.5. The van der Waals surface area contributed by atoms with Gasteiger partial charge in [0, 0.05) is 35.1 Å². The number of amides is 2. The van der Waals surface area contributed by atoms with Gasteiger partial charge in [-0.2, -0.15) is 0 Å². The summed E-state index contributed by atoms with van der Waals surface area (Å²) in [4.78, 5) is 33.4. The first-order chi connectivity index (χ1) is 15.1. The molecule has 5 rings (SSSR count). The van der Waals surface area contributed by atoms with Gasteiger partial charge in [0.1, 0.15) is 17.8 Å². The van der Waals surface area contributed by atoms with Crippen LogP contribution in [-0.4, -0.2) is 64.0 Å². The lowest BCUT2D eigenvalue weighted by atomic mass is 9.86. The smallest absolute Gasteiger partial charge is 0.246 e. The highest BCUT2D eigenvalue weighted by molar-refractivity contribution is 5.97. The first-order valence-electron chi connectivity index (χ1n) is 10.7. The van der Waals surface area contributed by atoms with Crippen molar-refractivity contribution in [2.75, 3.05) is 26.3 Å². The second-order valence-electron chi connectivity index (χ2n) is 7.94. The first kappa shape index (κ1) is 19.6. The van der Waals surface area contributed by atoms with E-state index in [9.17, 15) is 14.7 Å². The number of aliphatic hydroxyl groups excluding tert-OH is 1. The number of benzene rings is 2. The summed E-state index contributed by atoms with van der Waals surface area (Å²) < 4.78 is 5.90. The number of ether oxygens (including phenoxy) is 1. The lowest BCUT2D eigenvalue weighted by molar-refractivity contribution is -0.159. The standard InChI is InChI=1S/C24H25N3O4/c1-2-31-20-10-6-4-8-16(20)23-22-17(15-7-3-5-9-18(15)25-22)13-19-24(30)26(11-12-28)14-21(29)27(19)23/h3-10,19,23,25,28H,2,11-14H2,1H3/t19-,23?/m0/s1. The van der Waals surface area contributed by atoms with E-state index in [1.54, 1.807) is 4.90 Å². The van der Waals surface area contributed by atoms with Gasteiger partial charge in [0.25, 0.3) is 0 Å². The number of fused-ring (bicyclic) bond motifs is 4. The van der Waals surface area contributed by atoms with Gasteiger partial charge in [-0.1, -0.05) is 36.4 Å². The Labute approximate surface area is 180 Å². The molecule has 2 amide bonds. The third-order valence-corrected chi connectivity index (χ3v) is 6.23. The predicted molar refractivity (Wildman–Crippen MR) is 116 cm³/mol. The van der Waals surface area contributed by atoms with Crippen molar-refractivity contribution in [1.82, 2.24) is 14.8 Å². The average molecular weight is 419 g/mol. The summed E-state index contributed by atoms with van der Waals surface area (Å²) in [6.07, 6.45) is 0.444. The van der Waals surface area contributed by atoms with Crippen molar-refractivity contribution in [3.8, 4) is 5.75 Å². The lowest BCUT2D eigenvalue weighted by Gasteiger charge is -2.47. The summed E-state index contributed by atoms with van der Waals surface area (Å²) in [7, 11) is 0. The van der Waals surface area contributed by atoms with Gasteiger partial charge in [-0.3, -0.25) is 9.59 Å². The van der Waals surface area contributed by atoms with E-state index in [2.05, 4.69) is 4.98 Å². The predicted octanol–water partition coefficient (Wildman–Crippen LogP) is 2.24. The number of aliphatic hydroxyl groups is 1.